The van der Waals surface area contributed by atoms with Gasteiger partial charge in [0.25, 0.3) is 5.91 Å². The maximum absolute atomic E-state index is 13.3. The molecule has 36 heavy (non-hydrogen) atoms. The van der Waals surface area contributed by atoms with Crippen LogP contribution in [-0.2, 0) is 4.79 Å². The van der Waals surface area contributed by atoms with Gasteiger partial charge in [-0.25, -0.2) is 0 Å². The molecule has 3 aliphatic rings. The number of carbonyl (C=O) groups is 2. The number of carbonyl (C=O) groups excluding carboxylic acids is 2. The molecule has 3 aliphatic heterocycles. The smallest absolute Gasteiger partial charge is 0.253 e. The number of likely N-dealkylation sites (tertiary alicyclic amines) is 1. The Morgan fingerprint density at radius 2 is 1.61 bits per heavy atom. The third-order valence-corrected chi connectivity index (χ3v) is 7.72. The molecule has 192 valence electrons. The summed E-state index contributed by atoms with van der Waals surface area (Å²) in [6.45, 7) is 4.99. The Morgan fingerprint density at radius 3 is 2.33 bits per heavy atom. The maximum atomic E-state index is 13.3. The van der Waals surface area contributed by atoms with Crippen LogP contribution in [-0.4, -0.2) is 86.2 Å². The van der Waals surface area contributed by atoms with Gasteiger partial charge in [0.2, 0.25) is 12.7 Å². The van der Waals surface area contributed by atoms with E-state index in [4.69, 9.17) is 25.8 Å². The number of nitrogens with zero attached hydrogens (tertiary/aromatic N) is 3. The molecule has 0 bridgehead atoms. The zero-order chi connectivity index (χ0) is 25.1. The molecule has 8 nitrogen and oxygen atoms in total. The fourth-order valence-corrected chi connectivity index (χ4v) is 5.15. The molecule has 0 atom stereocenters. The Morgan fingerprint density at radius 1 is 0.917 bits per heavy atom. The summed E-state index contributed by atoms with van der Waals surface area (Å²) in [5.41, 5.74) is 0.240. The van der Waals surface area contributed by atoms with Crippen molar-refractivity contribution in [3.8, 4) is 17.2 Å². The summed E-state index contributed by atoms with van der Waals surface area (Å²) in [6, 6.07) is 12.6. The maximum Gasteiger partial charge on any atom is 0.253 e. The molecule has 2 aromatic rings. The molecule has 5 rings (SSSR count). The number of halogens is 1. The number of rotatable bonds is 6. The van der Waals surface area contributed by atoms with Crippen molar-refractivity contribution in [1.29, 1.82) is 0 Å². The number of hydrogen-bond acceptors (Lipinski definition) is 6. The number of piperazine rings is 1. The molecule has 9 heteroatoms. The number of piperidine rings is 1. The molecule has 0 radical (unpaired) electrons. The van der Waals surface area contributed by atoms with Crippen LogP contribution in [0.15, 0.2) is 42.5 Å². The van der Waals surface area contributed by atoms with Crippen LogP contribution in [0.3, 0.4) is 0 Å². The minimum atomic E-state index is -0.342. The van der Waals surface area contributed by atoms with Gasteiger partial charge in [0.15, 0.2) is 11.5 Å². The van der Waals surface area contributed by atoms with Crippen LogP contribution in [0.4, 0.5) is 0 Å². The van der Waals surface area contributed by atoms with E-state index in [2.05, 4.69) is 11.9 Å². The lowest BCUT2D eigenvalue weighted by Crippen LogP contribution is -2.51. The van der Waals surface area contributed by atoms with Crippen molar-refractivity contribution in [1.82, 2.24) is 14.7 Å². The Hall–Kier alpha value is -2.97. The number of likely N-dealkylation sites (N-methyl/N-ethyl adjacent to an activating group) is 1. The average Bonchev–Trinajstić information content (AvgIpc) is 3.37. The van der Waals surface area contributed by atoms with E-state index >= 15 is 0 Å². The van der Waals surface area contributed by atoms with Gasteiger partial charge in [-0.1, -0.05) is 11.6 Å². The first-order chi connectivity index (χ1) is 17.4. The molecule has 0 unspecified atom stereocenters. The van der Waals surface area contributed by atoms with Crippen LogP contribution in [0.2, 0.25) is 5.02 Å². The van der Waals surface area contributed by atoms with Gasteiger partial charge in [0.1, 0.15) is 5.75 Å². The van der Waals surface area contributed by atoms with Crippen LogP contribution in [0.5, 0.6) is 17.2 Å². The van der Waals surface area contributed by atoms with Crippen molar-refractivity contribution in [2.75, 3.05) is 59.7 Å². The van der Waals surface area contributed by atoms with Crippen molar-refractivity contribution < 1.29 is 23.8 Å². The highest BCUT2D eigenvalue weighted by Crippen LogP contribution is 2.38. The molecule has 0 N–H and O–H groups in total. The number of benzene rings is 2. The number of amides is 2. The molecular weight excluding hydrogens is 482 g/mol. The van der Waals surface area contributed by atoms with Gasteiger partial charge in [0.05, 0.1) is 6.61 Å². The zero-order valence-electron chi connectivity index (χ0n) is 20.6. The molecule has 0 aromatic heterocycles. The second-order valence-electron chi connectivity index (χ2n) is 9.96. The van der Waals surface area contributed by atoms with Crippen LogP contribution >= 0.6 is 11.6 Å². The second kappa shape index (κ2) is 10.6. The van der Waals surface area contributed by atoms with Crippen LogP contribution in [0.1, 0.15) is 29.6 Å². The van der Waals surface area contributed by atoms with E-state index in [0.29, 0.717) is 61.0 Å². The molecular formula is C27H32ClN3O5. The van der Waals surface area contributed by atoms with Gasteiger partial charge < -0.3 is 28.9 Å². The number of fused-ring (bicyclic) bond motifs is 1. The molecule has 0 saturated carbocycles. The fraction of sp³-hybridized carbons (Fsp3) is 0.481. The van der Waals surface area contributed by atoms with Crippen molar-refractivity contribution in [3.63, 3.8) is 0 Å². The van der Waals surface area contributed by atoms with Crippen molar-refractivity contribution >= 4 is 23.4 Å². The zero-order valence-corrected chi connectivity index (χ0v) is 21.3. The first-order valence-corrected chi connectivity index (χ1v) is 12.8. The molecule has 2 fully saturated rings. The SMILES string of the molecule is CN1CCN(C(=O)CC2(COc3ccc(Cl)cc3)CCN(C(=O)c3ccc4c(c3)OCO4)CC2)CC1. The summed E-state index contributed by atoms with van der Waals surface area (Å²) in [5.74, 6) is 2.11. The summed E-state index contributed by atoms with van der Waals surface area (Å²) in [5, 5.41) is 0.651. The summed E-state index contributed by atoms with van der Waals surface area (Å²) in [7, 11) is 2.08. The fourth-order valence-electron chi connectivity index (χ4n) is 5.02. The monoisotopic (exact) mass is 513 g/mol. The summed E-state index contributed by atoms with van der Waals surface area (Å²) < 4.78 is 17.0. The topological polar surface area (TPSA) is 71.6 Å². The highest BCUT2D eigenvalue weighted by atomic mass is 35.5. The summed E-state index contributed by atoms with van der Waals surface area (Å²) in [6.07, 6.45) is 1.79. The molecule has 2 aromatic carbocycles. The van der Waals surface area contributed by atoms with Gasteiger partial charge in [-0.05, 0) is 62.4 Å². The van der Waals surface area contributed by atoms with Crippen molar-refractivity contribution in [2.45, 2.75) is 19.3 Å². The van der Waals surface area contributed by atoms with Gasteiger partial charge in [-0.3, -0.25) is 9.59 Å². The Kier molecular flexibility index (Phi) is 7.25. The van der Waals surface area contributed by atoms with Crippen molar-refractivity contribution in [3.05, 3.63) is 53.1 Å². The molecule has 3 heterocycles. The van der Waals surface area contributed by atoms with Gasteiger partial charge >= 0.3 is 0 Å². The van der Waals surface area contributed by atoms with Gasteiger partial charge in [0, 0.05) is 61.7 Å². The highest BCUT2D eigenvalue weighted by Gasteiger charge is 2.40. The average molecular weight is 514 g/mol. The van der Waals surface area contributed by atoms with Crippen LogP contribution in [0.25, 0.3) is 0 Å². The third kappa shape index (κ3) is 5.55. The van der Waals surface area contributed by atoms with E-state index in [0.717, 1.165) is 31.9 Å². The minimum absolute atomic E-state index is 0.0362. The lowest BCUT2D eigenvalue weighted by Gasteiger charge is -2.42. The first-order valence-electron chi connectivity index (χ1n) is 12.4. The summed E-state index contributed by atoms with van der Waals surface area (Å²) in [4.78, 5) is 32.6. The molecule has 0 spiro atoms. The second-order valence-corrected chi connectivity index (χ2v) is 10.4. The van der Waals surface area contributed by atoms with E-state index in [1.807, 2.05) is 21.9 Å². The Balaban J connectivity index is 1.26. The normalized spacial score (nSPS) is 19.3. The number of ether oxygens (including phenoxy) is 3. The molecule has 2 saturated heterocycles. The van der Waals surface area contributed by atoms with Crippen molar-refractivity contribution in [2.24, 2.45) is 5.41 Å². The standard InChI is InChI=1S/C27H32ClN3O5/c1-29-12-14-30(15-13-29)25(32)17-27(18-34-22-5-3-21(28)4-6-22)8-10-31(11-9-27)26(33)20-2-7-23-24(16-20)36-19-35-23/h2-7,16H,8-15,17-19H2,1H3. The Bertz CT molecular complexity index is 1090. The van der Waals surface area contributed by atoms with E-state index in [1.54, 1.807) is 30.3 Å². The third-order valence-electron chi connectivity index (χ3n) is 7.47. The first kappa shape index (κ1) is 24.7. The van der Waals surface area contributed by atoms with Crippen LogP contribution in [0, 0.1) is 5.41 Å². The predicted octanol–water partition coefficient (Wildman–Crippen LogP) is 3.53. The lowest BCUT2D eigenvalue weighted by atomic mass is 9.75. The van der Waals surface area contributed by atoms with E-state index in [9.17, 15) is 9.59 Å². The van der Waals surface area contributed by atoms with E-state index in [-0.39, 0.29) is 24.0 Å². The minimum Gasteiger partial charge on any atom is -0.493 e. The van der Waals surface area contributed by atoms with Crippen LogP contribution < -0.4 is 14.2 Å². The highest BCUT2D eigenvalue weighted by molar-refractivity contribution is 6.30. The Labute approximate surface area is 216 Å². The molecule has 0 aliphatic carbocycles. The molecule has 2 amide bonds. The number of hydrogen-bond donors (Lipinski definition) is 0. The summed E-state index contributed by atoms with van der Waals surface area (Å²) >= 11 is 6.02. The largest absolute Gasteiger partial charge is 0.493 e. The van der Waals surface area contributed by atoms with Gasteiger partial charge in [-0.2, -0.15) is 0 Å². The quantitative estimate of drug-likeness (QED) is 0.588. The lowest BCUT2D eigenvalue weighted by molar-refractivity contribution is -0.136. The predicted molar refractivity (Wildman–Crippen MR) is 136 cm³/mol. The van der Waals surface area contributed by atoms with E-state index in [1.165, 1.54) is 0 Å². The van der Waals surface area contributed by atoms with Gasteiger partial charge in [-0.15, -0.1) is 0 Å². The van der Waals surface area contributed by atoms with E-state index < -0.39 is 0 Å².